The third kappa shape index (κ3) is 4.69. The van der Waals surface area contributed by atoms with Crippen molar-refractivity contribution in [3.05, 3.63) is 33.2 Å². The van der Waals surface area contributed by atoms with E-state index in [0.717, 1.165) is 52.4 Å². The highest BCUT2D eigenvalue weighted by Crippen LogP contribution is 2.24. The first-order valence-corrected chi connectivity index (χ1v) is 10.9. The summed E-state index contributed by atoms with van der Waals surface area (Å²) in [5.74, 6) is 2.81. The SMILES string of the molecule is Cc1cc(N2CCN(C(=O)c3sc(CC(C)C)nc3C)CC2)nc(C(C)C)n1. The Morgan fingerprint density at radius 2 is 1.75 bits per heavy atom. The van der Waals surface area contributed by atoms with Crippen molar-refractivity contribution in [3.8, 4) is 0 Å². The van der Waals surface area contributed by atoms with Crippen LogP contribution in [0.2, 0.25) is 0 Å². The minimum Gasteiger partial charge on any atom is -0.353 e. The summed E-state index contributed by atoms with van der Waals surface area (Å²) >= 11 is 1.56. The predicted molar refractivity (Wildman–Crippen MR) is 114 cm³/mol. The number of anilines is 1. The van der Waals surface area contributed by atoms with Crippen molar-refractivity contribution >= 4 is 23.1 Å². The maximum Gasteiger partial charge on any atom is 0.265 e. The summed E-state index contributed by atoms with van der Waals surface area (Å²) in [5.41, 5.74) is 1.85. The molecule has 0 aromatic carbocycles. The van der Waals surface area contributed by atoms with Gasteiger partial charge in [0.15, 0.2) is 0 Å². The second kappa shape index (κ2) is 8.55. The molecule has 0 unspecified atom stereocenters. The number of rotatable bonds is 5. The van der Waals surface area contributed by atoms with Gasteiger partial charge in [-0.3, -0.25) is 4.79 Å². The van der Waals surface area contributed by atoms with Gasteiger partial charge in [-0.05, 0) is 19.8 Å². The number of hydrogen-bond acceptors (Lipinski definition) is 6. The van der Waals surface area contributed by atoms with Gasteiger partial charge >= 0.3 is 0 Å². The van der Waals surface area contributed by atoms with E-state index in [-0.39, 0.29) is 5.91 Å². The lowest BCUT2D eigenvalue weighted by molar-refractivity contribution is 0.0750. The van der Waals surface area contributed by atoms with Gasteiger partial charge in [-0.15, -0.1) is 11.3 Å². The van der Waals surface area contributed by atoms with Crippen molar-refractivity contribution in [2.45, 2.75) is 53.9 Å². The average molecular weight is 402 g/mol. The number of thiazole rings is 1. The highest BCUT2D eigenvalue weighted by Gasteiger charge is 2.26. The molecule has 0 N–H and O–H groups in total. The Balaban J connectivity index is 1.67. The molecule has 2 aromatic rings. The molecular weight excluding hydrogens is 370 g/mol. The molecule has 1 fully saturated rings. The smallest absolute Gasteiger partial charge is 0.265 e. The fraction of sp³-hybridized carbons (Fsp3) is 0.619. The van der Waals surface area contributed by atoms with Crippen LogP contribution in [0.25, 0.3) is 0 Å². The highest BCUT2D eigenvalue weighted by atomic mass is 32.1. The number of aryl methyl sites for hydroxylation is 2. The number of carbonyl (C=O) groups is 1. The number of aromatic nitrogens is 3. The second-order valence-electron chi connectivity index (χ2n) is 8.28. The molecule has 1 amide bonds. The van der Waals surface area contributed by atoms with Crippen LogP contribution in [0.1, 0.15) is 65.5 Å². The van der Waals surface area contributed by atoms with Gasteiger partial charge in [0, 0.05) is 50.3 Å². The van der Waals surface area contributed by atoms with Gasteiger partial charge in [0.25, 0.3) is 5.91 Å². The first kappa shape index (κ1) is 20.7. The Labute approximate surface area is 172 Å². The summed E-state index contributed by atoms with van der Waals surface area (Å²) in [6, 6.07) is 2.04. The van der Waals surface area contributed by atoms with Crippen molar-refractivity contribution < 1.29 is 4.79 Å². The number of amides is 1. The van der Waals surface area contributed by atoms with E-state index in [0.29, 0.717) is 24.9 Å². The van der Waals surface area contributed by atoms with Crippen LogP contribution in [-0.2, 0) is 6.42 Å². The Hall–Kier alpha value is -2.02. The zero-order valence-corrected chi connectivity index (χ0v) is 18.6. The molecule has 0 aliphatic carbocycles. The molecule has 0 atom stereocenters. The summed E-state index contributed by atoms with van der Waals surface area (Å²) in [4.78, 5) is 31.9. The molecule has 6 nitrogen and oxygen atoms in total. The van der Waals surface area contributed by atoms with Crippen LogP contribution in [0, 0.1) is 19.8 Å². The maximum atomic E-state index is 13.0. The first-order chi connectivity index (χ1) is 13.2. The van der Waals surface area contributed by atoms with E-state index in [1.807, 2.05) is 24.8 Å². The molecule has 0 saturated carbocycles. The highest BCUT2D eigenvalue weighted by molar-refractivity contribution is 7.13. The van der Waals surface area contributed by atoms with Crippen LogP contribution in [0.5, 0.6) is 0 Å². The minimum atomic E-state index is 0.117. The number of hydrogen-bond donors (Lipinski definition) is 0. The van der Waals surface area contributed by atoms with Crippen LogP contribution in [0.15, 0.2) is 6.07 Å². The van der Waals surface area contributed by atoms with E-state index in [1.165, 1.54) is 0 Å². The van der Waals surface area contributed by atoms with E-state index in [1.54, 1.807) is 11.3 Å². The Bertz CT molecular complexity index is 837. The molecule has 0 bridgehead atoms. The number of nitrogens with zero attached hydrogens (tertiary/aromatic N) is 5. The lowest BCUT2D eigenvalue weighted by Gasteiger charge is -2.35. The third-order valence-corrected chi connectivity index (χ3v) is 6.05. The van der Waals surface area contributed by atoms with Crippen molar-refractivity contribution in [3.63, 3.8) is 0 Å². The Morgan fingerprint density at radius 3 is 2.36 bits per heavy atom. The van der Waals surface area contributed by atoms with Crippen molar-refractivity contribution in [2.24, 2.45) is 5.92 Å². The minimum absolute atomic E-state index is 0.117. The van der Waals surface area contributed by atoms with Gasteiger partial charge in [0.05, 0.1) is 10.7 Å². The van der Waals surface area contributed by atoms with E-state index >= 15 is 0 Å². The van der Waals surface area contributed by atoms with Crippen LogP contribution in [0.4, 0.5) is 5.82 Å². The van der Waals surface area contributed by atoms with Gasteiger partial charge in [0.1, 0.15) is 16.5 Å². The first-order valence-electron chi connectivity index (χ1n) is 10.1. The summed E-state index contributed by atoms with van der Waals surface area (Å²) in [5, 5.41) is 1.06. The molecule has 1 aliphatic rings. The molecule has 7 heteroatoms. The van der Waals surface area contributed by atoms with Gasteiger partial charge in [0.2, 0.25) is 0 Å². The van der Waals surface area contributed by atoms with Gasteiger partial charge in [-0.25, -0.2) is 15.0 Å². The van der Waals surface area contributed by atoms with Crippen LogP contribution in [0.3, 0.4) is 0 Å². The normalized spacial score (nSPS) is 15.0. The van der Waals surface area contributed by atoms with Crippen molar-refractivity contribution in [2.75, 3.05) is 31.1 Å². The topological polar surface area (TPSA) is 62.2 Å². The van der Waals surface area contributed by atoms with E-state index in [4.69, 9.17) is 4.98 Å². The summed E-state index contributed by atoms with van der Waals surface area (Å²) < 4.78 is 0. The molecular formula is C21H31N5OS. The lowest BCUT2D eigenvalue weighted by Crippen LogP contribution is -2.49. The molecule has 28 heavy (non-hydrogen) atoms. The largest absolute Gasteiger partial charge is 0.353 e. The molecule has 3 rings (SSSR count). The van der Waals surface area contributed by atoms with Crippen molar-refractivity contribution in [1.82, 2.24) is 19.9 Å². The summed E-state index contributed by atoms with van der Waals surface area (Å²) in [6.45, 7) is 15.5. The average Bonchev–Trinajstić information content (AvgIpc) is 3.00. The number of carbonyl (C=O) groups excluding carboxylic acids is 1. The third-order valence-electron chi connectivity index (χ3n) is 4.88. The van der Waals surface area contributed by atoms with Gasteiger partial charge in [-0.1, -0.05) is 27.7 Å². The Morgan fingerprint density at radius 1 is 1.07 bits per heavy atom. The predicted octanol–water partition coefficient (Wildman–Crippen LogP) is 3.83. The van der Waals surface area contributed by atoms with Gasteiger partial charge < -0.3 is 9.80 Å². The number of piperazine rings is 1. The fourth-order valence-corrected chi connectivity index (χ4v) is 4.61. The molecule has 0 spiro atoms. The molecule has 1 aliphatic heterocycles. The second-order valence-corrected chi connectivity index (χ2v) is 9.36. The Kier molecular flexibility index (Phi) is 6.33. The summed E-state index contributed by atoms with van der Waals surface area (Å²) in [7, 11) is 0. The zero-order valence-electron chi connectivity index (χ0n) is 17.8. The van der Waals surface area contributed by atoms with Crippen molar-refractivity contribution in [1.29, 1.82) is 0 Å². The zero-order chi connectivity index (χ0) is 20.4. The quantitative estimate of drug-likeness (QED) is 0.762. The molecule has 3 heterocycles. The van der Waals surface area contributed by atoms with E-state index in [9.17, 15) is 4.79 Å². The van der Waals surface area contributed by atoms with Crippen LogP contribution < -0.4 is 4.90 Å². The van der Waals surface area contributed by atoms with Gasteiger partial charge in [-0.2, -0.15) is 0 Å². The molecule has 1 saturated heterocycles. The van der Waals surface area contributed by atoms with E-state index < -0.39 is 0 Å². The summed E-state index contributed by atoms with van der Waals surface area (Å²) in [6.07, 6.45) is 0.928. The maximum absolute atomic E-state index is 13.0. The van der Waals surface area contributed by atoms with Crippen LogP contribution in [-0.4, -0.2) is 51.9 Å². The van der Waals surface area contributed by atoms with Crippen LogP contribution >= 0.6 is 11.3 Å². The standard InChI is InChI=1S/C21H31N5OS/c1-13(2)11-18-23-16(6)19(28-18)21(27)26-9-7-25(8-10-26)17-12-15(5)22-20(24-17)14(3)4/h12-14H,7-11H2,1-6H3. The lowest BCUT2D eigenvalue weighted by atomic mass is 10.1. The fourth-order valence-electron chi connectivity index (χ4n) is 3.36. The van der Waals surface area contributed by atoms with E-state index in [2.05, 4.69) is 42.6 Å². The molecule has 2 aromatic heterocycles. The molecule has 152 valence electrons. The molecule has 0 radical (unpaired) electrons. The monoisotopic (exact) mass is 401 g/mol.